The van der Waals surface area contributed by atoms with Crippen molar-refractivity contribution in [1.29, 1.82) is 0 Å². The van der Waals surface area contributed by atoms with E-state index in [1.165, 1.54) is 12.3 Å². The Balaban J connectivity index is 0.00000884. The van der Waals surface area contributed by atoms with E-state index in [0.29, 0.717) is 44.4 Å². The number of aromatic nitrogens is 4. The van der Waals surface area contributed by atoms with E-state index >= 15 is 0 Å². The molecule has 75 heavy (non-hydrogen) atoms. The number of aryl methyl sites for hydroxylation is 1. The molecule has 0 fully saturated rings. The first kappa shape index (κ1) is 32.3. The van der Waals surface area contributed by atoms with Crippen molar-refractivity contribution in [2.75, 3.05) is 0 Å². The van der Waals surface area contributed by atoms with Crippen molar-refractivity contribution in [1.82, 2.24) is 14.1 Å². The second-order valence-corrected chi connectivity index (χ2v) is 20.0. The van der Waals surface area contributed by atoms with Crippen LogP contribution in [0.25, 0.3) is 94.5 Å². The van der Waals surface area contributed by atoms with E-state index in [1.807, 2.05) is 36.4 Å². The first-order valence-corrected chi connectivity index (χ1v) is 24.0. The second kappa shape index (κ2) is 19.6. The van der Waals surface area contributed by atoms with Gasteiger partial charge in [0, 0.05) is 54.0 Å². The molecule has 0 aliphatic carbocycles. The molecule has 0 aliphatic rings. The van der Waals surface area contributed by atoms with Crippen LogP contribution in [0.15, 0.2) is 212 Å². The summed E-state index contributed by atoms with van der Waals surface area (Å²) in [4.78, 5) is 4.69. The van der Waals surface area contributed by atoms with Crippen LogP contribution in [0, 0.1) is 25.3 Å². The van der Waals surface area contributed by atoms with E-state index in [9.17, 15) is 2.74 Å². The minimum atomic E-state index is -2.85. The van der Waals surface area contributed by atoms with E-state index in [4.69, 9.17) is 31.7 Å². The van der Waals surface area contributed by atoms with Gasteiger partial charge in [0.25, 0.3) is 6.33 Å². The van der Waals surface area contributed by atoms with Gasteiger partial charge in [0.2, 0.25) is 0 Å². The molecule has 0 radical (unpaired) electrons. The van der Waals surface area contributed by atoms with E-state index in [1.54, 1.807) is 68.3 Å². The molecule has 0 saturated carbocycles. The van der Waals surface area contributed by atoms with Gasteiger partial charge in [-0.3, -0.25) is 4.57 Å². The van der Waals surface area contributed by atoms with Gasteiger partial charge in [-0.1, -0.05) is 204 Å². The predicted octanol–water partition coefficient (Wildman–Crippen LogP) is 17.2. The van der Waals surface area contributed by atoms with Crippen LogP contribution in [-0.2, 0) is 31.9 Å². The molecule has 0 unspecified atom stereocenters. The molecule has 370 valence electrons. The molecule has 0 atom stereocenters. The van der Waals surface area contributed by atoms with Gasteiger partial charge in [0.1, 0.15) is 5.82 Å². The fourth-order valence-electron chi connectivity index (χ4n) is 9.32. The Morgan fingerprint density at radius 1 is 0.547 bits per heavy atom. The maximum atomic E-state index is 9.35. The average molecular weight is 1170 g/mol. The SMILES string of the molecule is [2H]c1c([2H])c([2H])c(-c2ccc3c(c2)n(-c2[c-]c(Oc4[c-]c5c(cc4)c4ccccc4n5-c4cc(C([2H])([2H])[2H])c(-c5c([2H])c([2H])c([2H])c([2H])c5[2H])cn4)ccc2)[c-][n+]3-c2c(-c3cc(C(C)(C)C)cc(C(C)(C)C)c3)cccc2-c2c([2H])c([2H])c([2H])c([2H])c2[2H])c([2H])c1[2H].[Pt]. The zero-order valence-electron chi connectivity index (χ0n) is 59.6. The molecule has 9 aromatic carbocycles. The normalized spacial score (nSPS) is 15.4. The third-order valence-electron chi connectivity index (χ3n) is 13.1. The number of benzene rings is 9. The standard InChI is InChI=1S/C69H56N4O.Pt/c1-46-37-66(70-44-61(46)49-25-15-10-16-26-49)73-62-32-18-17-29-59(62)60-35-34-56(43-64(60)73)74-55-28-19-27-54(42-55)71-45-72(63-36-33-50(40-65(63)71)47-21-11-8-12-22-47)67-57(48-23-13-9-14-24-48)30-20-31-58(67)51-38-52(68(2,3)4)41-53(39-51)69(5,6)7;/h8-41,44H,1-7H3;/q-2;/i1D3,8D,9D,10D,11D,12D,13D,14D,15D,16D,21D,22D,23D,24D,25D,26D;. The number of rotatable bonds is 9. The van der Waals surface area contributed by atoms with Gasteiger partial charge < -0.3 is 13.9 Å². The van der Waals surface area contributed by atoms with Gasteiger partial charge in [-0.15, -0.1) is 29.7 Å². The van der Waals surface area contributed by atoms with Gasteiger partial charge in [-0.25, -0.2) is 4.98 Å². The minimum absolute atomic E-state index is 0. The van der Waals surface area contributed by atoms with E-state index in [-0.39, 0.29) is 88.2 Å². The predicted molar refractivity (Wildman–Crippen MR) is 304 cm³/mol. The molecular formula is C69H56N4OPt-2. The van der Waals surface area contributed by atoms with Crippen LogP contribution in [0.5, 0.6) is 11.5 Å². The maximum Gasteiger partial charge on any atom is 0.268 e. The summed E-state index contributed by atoms with van der Waals surface area (Å²) in [6, 6.07) is 32.8. The summed E-state index contributed by atoms with van der Waals surface area (Å²) >= 11 is 0. The topological polar surface area (TPSA) is 35.9 Å². The zero-order chi connectivity index (χ0) is 66.3. The largest absolute Gasteiger partial charge is 0.510 e. The maximum absolute atomic E-state index is 9.35. The molecule has 0 bridgehead atoms. The molecule has 0 N–H and O–H groups in total. The summed E-state index contributed by atoms with van der Waals surface area (Å²) in [7, 11) is 0. The summed E-state index contributed by atoms with van der Waals surface area (Å²) in [5.41, 5.74) is 4.93. The number of pyridine rings is 1. The van der Waals surface area contributed by atoms with Crippen LogP contribution in [-0.4, -0.2) is 14.1 Å². The zero-order valence-corrected chi connectivity index (χ0v) is 43.8. The number of fused-ring (bicyclic) bond motifs is 4. The quantitative estimate of drug-likeness (QED) is 0.107. The van der Waals surface area contributed by atoms with Crippen molar-refractivity contribution in [2.45, 2.75) is 59.2 Å². The van der Waals surface area contributed by atoms with E-state index < -0.39 is 97.5 Å². The number of nitrogens with zero attached hydrogens (tertiary/aromatic N) is 4. The van der Waals surface area contributed by atoms with Crippen LogP contribution >= 0.6 is 0 Å². The summed E-state index contributed by atoms with van der Waals surface area (Å²) in [5, 5.41) is 1.44. The summed E-state index contributed by atoms with van der Waals surface area (Å²) in [6.45, 7) is 9.86. The molecule has 12 aromatic rings. The van der Waals surface area contributed by atoms with Crippen LogP contribution < -0.4 is 9.30 Å². The summed E-state index contributed by atoms with van der Waals surface area (Å²) in [6.07, 6.45) is 4.74. The van der Waals surface area contributed by atoms with Crippen molar-refractivity contribution in [3.8, 4) is 73.2 Å². The van der Waals surface area contributed by atoms with Crippen LogP contribution in [0.4, 0.5) is 0 Å². The molecule has 0 amide bonds. The van der Waals surface area contributed by atoms with Crippen molar-refractivity contribution in [3.05, 3.63) is 247 Å². The molecule has 0 saturated heterocycles. The van der Waals surface area contributed by atoms with Gasteiger partial charge in [0.15, 0.2) is 0 Å². The molecule has 0 spiro atoms. The van der Waals surface area contributed by atoms with Crippen molar-refractivity contribution >= 4 is 32.8 Å². The van der Waals surface area contributed by atoms with Crippen molar-refractivity contribution in [3.63, 3.8) is 0 Å². The Kier molecular flexibility index (Phi) is 8.44. The van der Waals surface area contributed by atoms with Crippen molar-refractivity contribution < 1.29 is 55.0 Å². The van der Waals surface area contributed by atoms with Gasteiger partial charge in [-0.05, 0) is 103 Å². The summed E-state index contributed by atoms with van der Waals surface area (Å²) < 4.78 is 168. The number of ether oxygens (including phenoxy) is 1. The third-order valence-corrected chi connectivity index (χ3v) is 13.1. The number of hydrogen-bond acceptors (Lipinski definition) is 2. The Morgan fingerprint density at radius 3 is 1.85 bits per heavy atom. The fraction of sp³-hybridized carbons (Fsp3) is 0.130. The van der Waals surface area contributed by atoms with E-state index in [0.717, 1.165) is 22.1 Å². The molecule has 3 aromatic heterocycles. The molecule has 0 aliphatic heterocycles. The Morgan fingerprint density at radius 2 is 1.17 bits per heavy atom. The van der Waals surface area contributed by atoms with Crippen LogP contribution in [0.2, 0.25) is 0 Å². The van der Waals surface area contributed by atoms with Crippen molar-refractivity contribution in [2.24, 2.45) is 0 Å². The minimum Gasteiger partial charge on any atom is -0.510 e. The van der Waals surface area contributed by atoms with Gasteiger partial charge in [0.05, 0.1) is 37.3 Å². The molecule has 6 heteroatoms. The first-order chi connectivity index (χ1) is 43.3. The smallest absolute Gasteiger partial charge is 0.268 e. The monoisotopic (exact) mass is 1170 g/mol. The Labute approximate surface area is 479 Å². The summed E-state index contributed by atoms with van der Waals surface area (Å²) in [5.74, 6) is 0.481. The molecule has 3 heterocycles. The van der Waals surface area contributed by atoms with Crippen LogP contribution in [0.1, 0.15) is 82.9 Å². The third kappa shape index (κ3) is 9.32. The molecular weight excluding hydrogens is 1100 g/mol. The van der Waals surface area contributed by atoms with Gasteiger partial charge >= 0.3 is 0 Å². The molecule has 5 nitrogen and oxygen atoms in total. The fourth-order valence-corrected chi connectivity index (χ4v) is 9.32. The Hall–Kier alpha value is -8.11. The molecule has 12 rings (SSSR count). The van der Waals surface area contributed by atoms with Crippen LogP contribution in [0.3, 0.4) is 0 Å². The Bertz CT molecular complexity index is 5000. The second-order valence-electron chi connectivity index (χ2n) is 20.0. The van der Waals surface area contributed by atoms with Gasteiger partial charge in [-0.2, -0.15) is 18.2 Å². The number of hydrogen-bond donors (Lipinski definition) is 0. The number of para-hydroxylation sites is 2. The number of imidazole rings is 1. The first-order valence-electron chi connectivity index (χ1n) is 33.0. The van der Waals surface area contributed by atoms with E-state index in [2.05, 4.69) is 78.2 Å². The average Bonchev–Trinajstić information content (AvgIpc) is 1.69.